The minimum atomic E-state index is 0. The van der Waals surface area contributed by atoms with Gasteiger partial charge >= 0.3 is 0 Å². The van der Waals surface area contributed by atoms with E-state index >= 15 is 0 Å². The molecule has 0 N–H and O–H groups in total. The number of methoxy groups -OCH3 is 1. The molecule has 20 heavy (non-hydrogen) atoms. The summed E-state index contributed by atoms with van der Waals surface area (Å²) in [5.74, 6) is 0.909. The van der Waals surface area contributed by atoms with Crippen molar-refractivity contribution in [2.75, 3.05) is 7.11 Å². The first kappa shape index (κ1) is 15.2. The second kappa shape index (κ2) is 7.00. The second-order valence-electron chi connectivity index (χ2n) is 4.72. The molecule has 0 bridgehead atoms. The van der Waals surface area contributed by atoms with Crippen LogP contribution in [-0.2, 0) is 6.42 Å². The van der Waals surface area contributed by atoms with Gasteiger partial charge in [-0.25, -0.2) is 0 Å². The SMILES string of the molecule is COc1ccc(SC2CCCc3cccnc32)cc1.Cl. The second-order valence-corrected chi connectivity index (χ2v) is 6.00. The van der Waals surface area contributed by atoms with E-state index in [0.717, 1.165) is 5.75 Å². The standard InChI is InChI=1S/C16H17NOS.ClH/c1-18-13-7-9-14(10-8-13)19-15-6-2-4-12-5-3-11-17-16(12)15;/h3,5,7-11,15H,2,4,6H2,1H3;1H. The molecular formula is C16H18ClNOS. The van der Waals surface area contributed by atoms with Gasteiger partial charge in [-0.3, -0.25) is 4.98 Å². The van der Waals surface area contributed by atoms with Gasteiger partial charge in [0.1, 0.15) is 5.75 Å². The first-order valence-corrected chi connectivity index (χ1v) is 7.49. The zero-order chi connectivity index (χ0) is 13.1. The molecule has 0 aliphatic heterocycles. The minimum absolute atomic E-state index is 0. The van der Waals surface area contributed by atoms with Gasteiger partial charge < -0.3 is 4.74 Å². The number of nitrogens with zero attached hydrogens (tertiary/aromatic N) is 1. The normalized spacial score (nSPS) is 16.9. The third kappa shape index (κ3) is 3.28. The summed E-state index contributed by atoms with van der Waals surface area (Å²) in [5, 5.41) is 0.485. The maximum atomic E-state index is 5.19. The Bertz CT molecular complexity index is 559. The highest BCUT2D eigenvalue weighted by Crippen LogP contribution is 2.42. The Morgan fingerprint density at radius 2 is 2.00 bits per heavy atom. The van der Waals surface area contributed by atoms with Crippen LogP contribution in [0.15, 0.2) is 47.5 Å². The van der Waals surface area contributed by atoms with Gasteiger partial charge in [-0.1, -0.05) is 6.07 Å². The Hall–Kier alpha value is -1.19. The third-order valence-electron chi connectivity index (χ3n) is 3.48. The number of aryl methyl sites for hydroxylation is 1. The Labute approximate surface area is 130 Å². The number of pyridine rings is 1. The molecule has 0 amide bonds. The van der Waals surface area contributed by atoms with Crippen LogP contribution in [0.5, 0.6) is 5.75 Å². The number of aromatic nitrogens is 1. The van der Waals surface area contributed by atoms with E-state index in [1.54, 1.807) is 7.11 Å². The van der Waals surface area contributed by atoms with Crippen molar-refractivity contribution in [3.05, 3.63) is 53.9 Å². The lowest BCUT2D eigenvalue weighted by Crippen LogP contribution is -2.08. The average Bonchev–Trinajstić information content (AvgIpc) is 2.48. The van der Waals surface area contributed by atoms with Crippen LogP contribution in [0.3, 0.4) is 0 Å². The van der Waals surface area contributed by atoms with Gasteiger partial charge in [-0.15, -0.1) is 24.2 Å². The Balaban J connectivity index is 0.00000147. The van der Waals surface area contributed by atoms with Crippen molar-refractivity contribution in [1.82, 2.24) is 4.98 Å². The van der Waals surface area contributed by atoms with Gasteiger partial charge in [-0.2, -0.15) is 0 Å². The summed E-state index contributed by atoms with van der Waals surface area (Å²) in [6.07, 6.45) is 5.54. The monoisotopic (exact) mass is 307 g/mol. The Kier molecular flexibility index (Phi) is 5.32. The highest BCUT2D eigenvalue weighted by atomic mass is 35.5. The van der Waals surface area contributed by atoms with E-state index < -0.39 is 0 Å². The van der Waals surface area contributed by atoms with Crippen LogP contribution in [0.25, 0.3) is 0 Å². The quantitative estimate of drug-likeness (QED) is 0.822. The van der Waals surface area contributed by atoms with E-state index in [4.69, 9.17) is 4.74 Å². The molecule has 1 unspecified atom stereocenters. The van der Waals surface area contributed by atoms with Gasteiger partial charge in [0, 0.05) is 11.1 Å². The fourth-order valence-electron chi connectivity index (χ4n) is 2.50. The van der Waals surface area contributed by atoms with Gasteiger partial charge in [0.05, 0.1) is 18.1 Å². The fourth-order valence-corrected chi connectivity index (χ4v) is 3.73. The fraction of sp³-hybridized carbons (Fsp3) is 0.312. The van der Waals surface area contributed by atoms with Crippen LogP contribution >= 0.6 is 24.2 Å². The lowest BCUT2D eigenvalue weighted by Gasteiger charge is -2.23. The van der Waals surface area contributed by atoms with Crippen molar-refractivity contribution in [1.29, 1.82) is 0 Å². The van der Waals surface area contributed by atoms with Crippen molar-refractivity contribution < 1.29 is 4.74 Å². The predicted molar refractivity (Wildman–Crippen MR) is 86.0 cm³/mol. The van der Waals surface area contributed by atoms with Crippen LogP contribution in [0, 0.1) is 0 Å². The van der Waals surface area contributed by atoms with E-state index in [1.165, 1.54) is 35.4 Å². The maximum absolute atomic E-state index is 5.19. The maximum Gasteiger partial charge on any atom is 0.118 e. The molecule has 1 heterocycles. The average molecular weight is 308 g/mol. The molecule has 1 aliphatic rings. The predicted octanol–water partition coefficient (Wildman–Crippen LogP) is 4.68. The molecule has 3 rings (SSSR count). The number of thioether (sulfide) groups is 1. The molecule has 106 valence electrons. The smallest absolute Gasteiger partial charge is 0.118 e. The number of fused-ring (bicyclic) bond motifs is 1. The van der Waals surface area contributed by atoms with Gasteiger partial charge in [-0.05, 0) is 55.2 Å². The number of ether oxygens (including phenoxy) is 1. The van der Waals surface area contributed by atoms with Gasteiger partial charge in [0.15, 0.2) is 0 Å². The number of halogens is 1. The van der Waals surface area contributed by atoms with Crippen molar-refractivity contribution in [2.24, 2.45) is 0 Å². The third-order valence-corrected chi connectivity index (χ3v) is 4.77. The molecule has 1 aliphatic carbocycles. The van der Waals surface area contributed by atoms with E-state index in [1.807, 2.05) is 36.2 Å². The Morgan fingerprint density at radius 1 is 1.20 bits per heavy atom. The molecule has 0 radical (unpaired) electrons. The first-order valence-electron chi connectivity index (χ1n) is 6.61. The molecule has 2 nitrogen and oxygen atoms in total. The van der Waals surface area contributed by atoms with Crippen LogP contribution < -0.4 is 4.74 Å². The summed E-state index contributed by atoms with van der Waals surface area (Å²) in [6.45, 7) is 0. The molecule has 1 aromatic heterocycles. The van der Waals surface area contributed by atoms with Crippen molar-refractivity contribution >= 4 is 24.2 Å². The van der Waals surface area contributed by atoms with Crippen LogP contribution in [0.2, 0.25) is 0 Å². The van der Waals surface area contributed by atoms with Crippen LogP contribution in [-0.4, -0.2) is 12.1 Å². The van der Waals surface area contributed by atoms with Crippen molar-refractivity contribution in [3.8, 4) is 5.75 Å². The van der Waals surface area contributed by atoms with E-state index in [9.17, 15) is 0 Å². The zero-order valence-electron chi connectivity index (χ0n) is 11.4. The van der Waals surface area contributed by atoms with Crippen LogP contribution in [0.4, 0.5) is 0 Å². The molecule has 0 saturated heterocycles. The lowest BCUT2D eigenvalue weighted by molar-refractivity contribution is 0.414. The molecule has 4 heteroatoms. The summed E-state index contributed by atoms with van der Waals surface area (Å²) in [5.41, 5.74) is 2.69. The van der Waals surface area contributed by atoms with E-state index in [2.05, 4.69) is 23.2 Å². The number of hydrogen-bond acceptors (Lipinski definition) is 3. The van der Waals surface area contributed by atoms with Crippen LogP contribution in [0.1, 0.15) is 29.3 Å². The largest absolute Gasteiger partial charge is 0.497 e. The molecule has 2 aromatic rings. The minimum Gasteiger partial charge on any atom is -0.497 e. The molecule has 0 fully saturated rings. The van der Waals surface area contributed by atoms with Crippen molar-refractivity contribution in [3.63, 3.8) is 0 Å². The summed E-state index contributed by atoms with van der Waals surface area (Å²) in [4.78, 5) is 5.87. The number of benzene rings is 1. The summed E-state index contributed by atoms with van der Waals surface area (Å²) >= 11 is 1.91. The summed E-state index contributed by atoms with van der Waals surface area (Å²) in [7, 11) is 1.70. The molecule has 1 atom stereocenters. The Morgan fingerprint density at radius 3 is 2.75 bits per heavy atom. The summed E-state index contributed by atoms with van der Waals surface area (Å²) in [6, 6.07) is 12.5. The molecular weight excluding hydrogens is 290 g/mol. The van der Waals surface area contributed by atoms with Gasteiger partial charge in [0.2, 0.25) is 0 Å². The number of hydrogen-bond donors (Lipinski definition) is 0. The van der Waals surface area contributed by atoms with E-state index in [0.29, 0.717) is 5.25 Å². The number of rotatable bonds is 3. The highest BCUT2D eigenvalue weighted by molar-refractivity contribution is 7.99. The van der Waals surface area contributed by atoms with Crippen molar-refractivity contribution in [2.45, 2.75) is 29.4 Å². The lowest BCUT2D eigenvalue weighted by atomic mass is 9.96. The highest BCUT2D eigenvalue weighted by Gasteiger charge is 2.22. The zero-order valence-corrected chi connectivity index (χ0v) is 13.0. The molecule has 0 saturated carbocycles. The topological polar surface area (TPSA) is 22.1 Å². The van der Waals surface area contributed by atoms with E-state index in [-0.39, 0.29) is 12.4 Å². The molecule has 0 spiro atoms. The van der Waals surface area contributed by atoms with Gasteiger partial charge in [0.25, 0.3) is 0 Å². The molecule has 1 aromatic carbocycles. The first-order chi connectivity index (χ1) is 9.36. The summed E-state index contributed by atoms with van der Waals surface area (Å²) < 4.78 is 5.19.